The molecule has 20 heavy (non-hydrogen) atoms. The van der Waals surface area contributed by atoms with Gasteiger partial charge in [-0.05, 0) is 30.2 Å². The first-order valence-corrected chi connectivity index (χ1v) is 5.91. The highest BCUT2D eigenvalue weighted by atomic mass is 19.1. The third-order valence-corrected chi connectivity index (χ3v) is 2.90. The van der Waals surface area contributed by atoms with Gasteiger partial charge < -0.3 is 4.74 Å². The number of aryl methyl sites for hydroxylation is 1. The van der Waals surface area contributed by atoms with Crippen LogP contribution in [0.15, 0.2) is 24.4 Å². The molecule has 0 bridgehead atoms. The monoisotopic (exact) mass is 276 g/mol. The summed E-state index contributed by atoms with van der Waals surface area (Å²) in [4.78, 5) is 22.4. The predicted molar refractivity (Wildman–Crippen MR) is 69.2 cm³/mol. The molecule has 1 aromatic heterocycles. The van der Waals surface area contributed by atoms with Gasteiger partial charge in [0, 0.05) is 6.20 Å². The molecule has 0 N–H and O–H groups in total. The van der Waals surface area contributed by atoms with Crippen molar-refractivity contribution in [2.45, 2.75) is 13.5 Å². The van der Waals surface area contributed by atoms with Crippen LogP contribution in [0.4, 0.5) is 4.39 Å². The maximum atomic E-state index is 13.2. The van der Waals surface area contributed by atoms with Gasteiger partial charge in [-0.15, -0.1) is 0 Å². The second-order valence-electron chi connectivity index (χ2n) is 4.31. The van der Waals surface area contributed by atoms with Gasteiger partial charge >= 0.3 is 5.97 Å². The van der Waals surface area contributed by atoms with Crippen LogP contribution in [0, 0.1) is 12.7 Å². The van der Waals surface area contributed by atoms with Crippen LogP contribution in [0.5, 0.6) is 0 Å². The lowest BCUT2D eigenvalue weighted by Gasteiger charge is -2.08. The number of benzene rings is 1. The van der Waals surface area contributed by atoms with E-state index in [0.717, 1.165) is 11.6 Å². The van der Waals surface area contributed by atoms with Gasteiger partial charge in [0.1, 0.15) is 11.5 Å². The first-order chi connectivity index (χ1) is 9.55. The fourth-order valence-electron chi connectivity index (χ4n) is 1.89. The number of halogens is 1. The summed E-state index contributed by atoms with van der Waals surface area (Å²) in [6.07, 6.45) is 2.35. The molecule has 0 atom stereocenters. The summed E-state index contributed by atoms with van der Waals surface area (Å²) in [5.74, 6) is -1.13. The van der Waals surface area contributed by atoms with Crippen molar-refractivity contribution in [1.82, 2.24) is 9.78 Å². The van der Waals surface area contributed by atoms with Gasteiger partial charge in [0.05, 0.1) is 19.2 Å². The molecule has 1 aromatic carbocycles. The first-order valence-electron chi connectivity index (χ1n) is 5.91. The fraction of sp³-hybridized carbons (Fsp3) is 0.214. The number of nitrogens with zero attached hydrogens (tertiary/aromatic N) is 2. The van der Waals surface area contributed by atoms with Crippen molar-refractivity contribution in [3.8, 4) is 0 Å². The van der Waals surface area contributed by atoms with E-state index >= 15 is 0 Å². The molecule has 0 saturated heterocycles. The number of methoxy groups -OCH3 is 1. The number of carbonyl (C=O) groups is 2. The number of rotatable bonds is 4. The molecule has 5 nitrogen and oxygen atoms in total. The summed E-state index contributed by atoms with van der Waals surface area (Å²) >= 11 is 0. The van der Waals surface area contributed by atoms with Crippen molar-refractivity contribution in [2.24, 2.45) is 0 Å². The third kappa shape index (κ3) is 2.74. The van der Waals surface area contributed by atoms with Gasteiger partial charge in [-0.2, -0.15) is 5.10 Å². The largest absolute Gasteiger partial charge is 0.465 e. The van der Waals surface area contributed by atoms with Crippen molar-refractivity contribution in [3.63, 3.8) is 0 Å². The van der Waals surface area contributed by atoms with E-state index < -0.39 is 11.8 Å². The molecule has 2 rings (SSSR count). The van der Waals surface area contributed by atoms with Crippen molar-refractivity contribution in [2.75, 3.05) is 7.11 Å². The van der Waals surface area contributed by atoms with Crippen molar-refractivity contribution in [3.05, 3.63) is 52.6 Å². The third-order valence-electron chi connectivity index (χ3n) is 2.90. The number of ether oxygens (including phenoxy) is 1. The Balaban J connectivity index is 2.37. The van der Waals surface area contributed by atoms with Gasteiger partial charge in [-0.1, -0.05) is 6.07 Å². The second-order valence-corrected chi connectivity index (χ2v) is 4.31. The van der Waals surface area contributed by atoms with E-state index in [2.05, 4.69) is 9.84 Å². The summed E-state index contributed by atoms with van der Waals surface area (Å²) in [6.45, 7) is 2.01. The topological polar surface area (TPSA) is 61.2 Å². The lowest BCUT2D eigenvalue weighted by molar-refractivity contribution is 0.0598. The Hall–Kier alpha value is -2.50. The molecule has 0 saturated carbocycles. The van der Waals surface area contributed by atoms with E-state index in [9.17, 15) is 14.0 Å². The molecule has 104 valence electrons. The molecule has 6 heteroatoms. The SMILES string of the molecule is COC(=O)c1cc(F)ccc1Cn1cc(C)c(C=O)n1. The summed E-state index contributed by atoms with van der Waals surface area (Å²) in [7, 11) is 1.24. The fourth-order valence-corrected chi connectivity index (χ4v) is 1.89. The number of hydrogen-bond acceptors (Lipinski definition) is 4. The van der Waals surface area contributed by atoms with Gasteiger partial charge in [0.2, 0.25) is 0 Å². The van der Waals surface area contributed by atoms with Gasteiger partial charge in [0.25, 0.3) is 0 Å². The lowest BCUT2D eigenvalue weighted by atomic mass is 10.1. The van der Waals surface area contributed by atoms with E-state index in [1.807, 2.05) is 0 Å². The highest BCUT2D eigenvalue weighted by molar-refractivity contribution is 5.91. The molecule has 0 spiro atoms. The van der Waals surface area contributed by atoms with E-state index in [-0.39, 0.29) is 12.1 Å². The lowest BCUT2D eigenvalue weighted by Crippen LogP contribution is -2.10. The molecule has 0 amide bonds. The summed E-state index contributed by atoms with van der Waals surface area (Å²) in [6, 6.07) is 3.89. The van der Waals surface area contributed by atoms with Crippen LogP contribution in [-0.2, 0) is 11.3 Å². The molecule has 2 aromatic rings. The van der Waals surface area contributed by atoms with Gasteiger partial charge in [-0.25, -0.2) is 9.18 Å². The minimum Gasteiger partial charge on any atom is -0.465 e. The highest BCUT2D eigenvalue weighted by Crippen LogP contribution is 2.15. The molecule has 1 heterocycles. The van der Waals surface area contributed by atoms with Crippen LogP contribution in [0.25, 0.3) is 0 Å². The Morgan fingerprint density at radius 1 is 1.50 bits per heavy atom. The van der Waals surface area contributed by atoms with Crippen molar-refractivity contribution >= 4 is 12.3 Å². The standard InChI is InChI=1S/C14H13FN2O3/c1-9-6-17(16-13(9)8-18)7-10-3-4-11(15)5-12(10)14(19)20-2/h3-6,8H,7H2,1-2H3. The maximum Gasteiger partial charge on any atom is 0.338 e. The van der Waals surface area contributed by atoms with Crippen LogP contribution in [-0.4, -0.2) is 29.1 Å². The van der Waals surface area contributed by atoms with Crippen molar-refractivity contribution < 1.29 is 18.7 Å². The summed E-state index contributed by atoms with van der Waals surface area (Å²) < 4.78 is 19.4. The van der Waals surface area contributed by atoms with Crippen molar-refractivity contribution in [1.29, 1.82) is 0 Å². The zero-order chi connectivity index (χ0) is 14.7. The highest BCUT2D eigenvalue weighted by Gasteiger charge is 2.14. The summed E-state index contributed by atoms with van der Waals surface area (Å²) in [5.41, 5.74) is 1.79. The quantitative estimate of drug-likeness (QED) is 0.633. The Morgan fingerprint density at radius 2 is 2.25 bits per heavy atom. The molecule has 0 fully saturated rings. The Morgan fingerprint density at radius 3 is 2.85 bits per heavy atom. The minimum atomic E-state index is -0.612. The smallest absolute Gasteiger partial charge is 0.338 e. The average Bonchev–Trinajstić information content (AvgIpc) is 2.80. The zero-order valence-electron chi connectivity index (χ0n) is 11.1. The van der Waals surface area contributed by atoms with E-state index in [4.69, 9.17) is 0 Å². The molecule has 0 aliphatic carbocycles. The van der Waals surface area contributed by atoms with Crippen LogP contribution in [0.1, 0.15) is 32.0 Å². The van der Waals surface area contributed by atoms with Crippen LogP contribution in [0.3, 0.4) is 0 Å². The van der Waals surface area contributed by atoms with Gasteiger partial charge in [-0.3, -0.25) is 9.48 Å². The molecule has 0 aliphatic rings. The predicted octanol–water partition coefficient (Wildman–Crippen LogP) is 1.98. The second kappa shape index (κ2) is 5.64. The van der Waals surface area contributed by atoms with E-state index in [0.29, 0.717) is 17.5 Å². The average molecular weight is 276 g/mol. The van der Waals surface area contributed by atoms with E-state index in [1.54, 1.807) is 13.1 Å². The van der Waals surface area contributed by atoms with Crippen LogP contribution >= 0.6 is 0 Å². The maximum absolute atomic E-state index is 13.2. The molecule has 0 radical (unpaired) electrons. The zero-order valence-corrected chi connectivity index (χ0v) is 11.1. The Labute approximate surface area is 115 Å². The first kappa shape index (κ1) is 13.9. The molecular formula is C14H13FN2O3. The molecule has 0 aliphatic heterocycles. The Bertz CT molecular complexity index is 664. The number of hydrogen-bond donors (Lipinski definition) is 0. The number of esters is 1. The number of aldehydes is 1. The van der Waals surface area contributed by atoms with Crippen LogP contribution < -0.4 is 0 Å². The minimum absolute atomic E-state index is 0.147. The van der Waals surface area contributed by atoms with Gasteiger partial charge in [0.15, 0.2) is 6.29 Å². The van der Waals surface area contributed by atoms with E-state index in [1.165, 1.54) is 23.9 Å². The number of carbonyl (C=O) groups excluding carboxylic acids is 2. The molecular weight excluding hydrogens is 263 g/mol. The Kier molecular flexibility index (Phi) is 3.93. The number of aromatic nitrogens is 2. The normalized spacial score (nSPS) is 10.3. The molecule has 0 unspecified atom stereocenters. The summed E-state index contributed by atoms with van der Waals surface area (Å²) in [5, 5.41) is 4.08. The van der Waals surface area contributed by atoms with Crippen LogP contribution in [0.2, 0.25) is 0 Å².